The van der Waals surface area contributed by atoms with Crippen molar-refractivity contribution in [3.05, 3.63) is 65.7 Å². The van der Waals surface area contributed by atoms with Gasteiger partial charge in [-0.1, -0.05) is 48.0 Å². The summed E-state index contributed by atoms with van der Waals surface area (Å²) in [5.74, 6) is 0. The maximum Gasteiger partial charge on any atom is 0.243 e. The topological polar surface area (TPSA) is 46.6 Å². The van der Waals surface area contributed by atoms with Crippen LogP contribution in [0, 0.1) is 6.92 Å². The summed E-state index contributed by atoms with van der Waals surface area (Å²) in [5, 5.41) is 0. The van der Waals surface area contributed by atoms with Crippen LogP contribution in [0.5, 0.6) is 0 Å². The van der Waals surface area contributed by atoms with Crippen molar-refractivity contribution in [3.63, 3.8) is 0 Å². The Morgan fingerprint density at radius 1 is 1.04 bits per heavy atom. The number of sulfonamides is 1. The molecule has 0 N–H and O–H groups in total. The van der Waals surface area contributed by atoms with Crippen molar-refractivity contribution in [2.45, 2.75) is 24.3 Å². The molecular formula is C18H21NO3S. The number of nitrogens with zero attached hydrogens (tertiary/aromatic N) is 1. The lowest BCUT2D eigenvalue weighted by Crippen LogP contribution is -2.34. The lowest BCUT2D eigenvalue weighted by molar-refractivity contribution is 0.0613. The van der Waals surface area contributed by atoms with Crippen LogP contribution in [0.4, 0.5) is 0 Å². The Morgan fingerprint density at radius 3 is 2.43 bits per heavy atom. The van der Waals surface area contributed by atoms with Crippen LogP contribution in [0.2, 0.25) is 0 Å². The summed E-state index contributed by atoms with van der Waals surface area (Å²) < 4.78 is 33.2. The van der Waals surface area contributed by atoms with Crippen LogP contribution in [0.25, 0.3) is 0 Å². The monoisotopic (exact) mass is 331 g/mol. The predicted molar refractivity (Wildman–Crippen MR) is 89.7 cm³/mol. The van der Waals surface area contributed by atoms with E-state index in [1.807, 2.05) is 49.4 Å². The van der Waals surface area contributed by atoms with E-state index in [1.54, 1.807) is 16.4 Å². The Kier molecular flexibility index (Phi) is 4.80. The van der Waals surface area contributed by atoms with Crippen molar-refractivity contribution < 1.29 is 13.2 Å². The molecule has 1 fully saturated rings. The summed E-state index contributed by atoms with van der Waals surface area (Å²) >= 11 is 0. The molecule has 1 aliphatic rings. The van der Waals surface area contributed by atoms with Gasteiger partial charge in [0.2, 0.25) is 10.0 Å². The Hall–Kier alpha value is -1.69. The lowest BCUT2D eigenvalue weighted by atomic mass is 10.1. The summed E-state index contributed by atoms with van der Waals surface area (Å²) in [4.78, 5) is 0.344. The first-order valence-corrected chi connectivity index (χ1v) is 9.25. The van der Waals surface area contributed by atoms with Gasteiger partial charge in [-0.05, 0) is 31.0 Å². The van der Waals surface area contributed by atoms with E-state index in [0.29, 0.717) is 31.0 Å². The number of aryl methyl sites for hydroxylation is 1. The number of benzene rings is 2. The molecule has 4 nitrogen and oxygen atoms in total. The van der Waals surface area contributed by atoms with E-state index in [0.717, 1.165) is 11.1 Å². The van der Waals surface area contributed by atoms with Gasteiger partial charge in [-0.3, -0.25) is 0 Å². The minimum absolute atomic E-state index is 0.223. The maximum absolute atomic E-state index is 12.9. The quantitative estimate of drug-likeness (QED) is 0.868. The largest absolute Gasteiger partial charge is 0.372 e. The molecule has 0 unspecified atom stereocenters. The summed E-state index contributed by atoms with van der Waals surface area (Å²) in [6.07, 6.45) is 0.480. The average molecular weight is 331 g/mol. The molecule has 23 heavy (non-hydrogen) atoms. The van der Waals surface area contributed by atoms with E-state index in [4.69, 9.17) is 4.74 Å². The van der Waals surface area contributed by atoms with Crippen LogP contribution in [0.3, 0.4) is 0 Å². The Balaban J connectivity index is 1.87. The second-order valence-electron chi connectivity index (χ2n) is 5.80. The van der Waals surface area contributed by atoms with E-state index >= 15 is 0 Å². The molecule has 0 aliphatic carbocycles. The van der Waals surface area contributed by atoms with Gasteiger partial charge >= 0.3 is 0 Å². The molecule has 0 aromatic heterocycles. The fraction of sp³-hybridized carbons (Fsp3) is 0.333. The molecule has 1 atom stereocenters. The first-order valence-electron chi connectivity index (χ1n) is 7.81. The number of ether oxygens (including phenoxy) is 1. The molecule has 0 bridgehead atoms. The molecule has 3 rings (SSSR count). The zero-order chi connectivity index (χ0) is 16.3. The minimum Gasteiger partial charge on any atom is -0.372 e. The van der Waals surface area contributed by atoms with Crippen molar-refractivity contribution in [1.29, 1.82) is 0 Å². The molecule has 1 saturated heterocycles. The summed E-state index contributed by atoms with van der Waals surface area (Å²) in [5.41, 5.74) is 2.06. The van der Waals surface area contributed by atoms with Crippen molar-refractivity contribution in [2.24, 2.45) is 0 Å². The number of hydrogen-bond donors (Lipinski definition) is 0. The normalized spacial score (nSPS) is 20.1. The molecule has 5 heteroatoms. The highest BCUT2D eigenvalue weighted by atomic mass is 32.2. The third-order valence-electron chi connectivity index (χ3n) is 4.07. The van der Waals surface area contributed by atoms with Crippen LogP contribution in [-0.4, -0.2) is 32.4 Å². The highest BCUT2D eigenvalue weighted by Crippen LogP contribution is 2.26. The zero-order valence-electron chi connectivity index (χ0n) is 13.2. The SMILES string of the molecule is Cc1ccc(S(=O)(=O)N2CCCO[C@H](c3ccccc3)C2)cc1. The third-order valence-corrected chi connectivity index (χ3v) is 5.95. The first kappa shape index (κ1) is 16.2. The molecule has 2 aromatic carbocycles. The second kappa shape index (κ2) is 6.83. The summed E-state index contributed by atoms with van der Waals surface area (Å²) in [6, 6.07) is 16.8. The van der Waals surface area contributed by atoms with Crippen molar-refractivity contribution in [1.82, 2.24) is 4.31 Å². The molecule has 0 saturated carbocycles. The van der Waals surface area contributed by atoms with Gasteiger partial charge in [-0.25, -0.2) is 8.42 Å². The van der Waals surface area contributed by atoms with Crippen LogP contribution < -0.4 is 0 Å². The third kappa shape index (κ3) is 3.63. The lowest BCUT2D eigenvalue weighted by Gasteiger charge is -2.23. The van der Waals surface area contributed by atoms with Gasteiger partial charge in [0.05, 0.1) is 11.0 Å². The second-order valence-corrected chi connectivity index (χ2v) is 7.74. The molecule has 0 amide bonds. The van der Waals surface area contributed by atoms with E-state index in [-0.39, 0.29) is 6.10 Å². The van der Waals surface area contributed by atoms with Crippen molar-refractivity contribution in [3.8, 4) is 0 Å². The van der Waals surface area contributed by atoms with E-state index in [1.165, 1.54) is 0 Å². The fourth-order valence-corrected chi connectivity index (χ4v) is 4.22. The Labute approximate surface area is 137 Å². The van der Waals surface area contributed by atoms with Crippen molar-refractivity contribution >= 4 is 10.0 Å². The van der Waals surface area contributed by atoms with Gasteiger partial charge in [-0.2, -0.15) is 4.31 Å². The van der Waals surface area contributed by atoms with E-state index in [2.05, 4.69) is 0 Å². The van der Waals surface area contributed by atoms with Crippen LogP contribution in [0.15, 0.2) is 59.5 Å². The average Bonchev–Trinajstić information content (AvgIpc) is 2.83. The molecular weight excluding hydrogens is 310 g/mol. The van der Waals surface area contributed by atoms with Crippen LogP contribution in [0.1, 0.15) is 23.7 Å². The number of hydrogen-bond acceptors (Lipinski definition) is 3. The minimum atomic E-state index is -3.49. The predicted octanol–water partition coefficient (Wildman–Crippen LogP) is 3.15. The fourth-order valence-electron chi connectivity index (χ4n) is 2.74. The molecule has 122 valence electrons. The van der Waals surface area contributed by atoms with E-state index in [9.17, 15) is 8.42 Å². The van der Waals surface area contributed by atoms with Crippen molar-refractivity contribution in [2.75, 3.05) is 19.7 Å². The molecule has 0 spiro atoms. The molecule has 2 aromatic rings. The Morgan fingerprint density at radius 2 is 1.74 bits per heavy atom. The smallest absolute Gasteiger partial charge is 0.243 e. The van der Waals surface area contributed by atoms with Gasteiger partial charge in [0.1, 0.15) is 0 Å². The van der Waals surface area contributed by atoms with E-state index < -0.39 is 10.0 Å². The van der Waals surface area contributed by atoms with Gasteiger partial charge in [0.25, 0.3) is 0 Å². The Bertz CT molecular complexity index is 742. The summed E-state index contributed by atoms with van der Waals surface area (Å²) in [7, 11) is -3.49. The highest BCUT2D eigenvalue weighted by Gasteiger charge is 2.29. The van der Waals surface area contributed by atoms with Gasteiger partial charge < -0.3 is 4.74 Å². The van der Waals surface area contributed by atoms with Gasteiger partial charge in [-0.15, -0.1) is 0 Å². The van der Waals surface area contributed by atoms with Gasteiger partial charge in [0.15, 0.2) is 0 Å². The zero-order valence-corrected chi connectivity index (χ0v) is 14.0. The first-order chi connectivity index (χ1) is 11.1. The maximum atomic E-state index is 12.9. The highest BCUT2D eigenvalue weighted by molar-refractivity contribution is 7.89. The molecule has 0 radical (unpaired) electrons. The standard InChI is InChI=1S/C18H21NO3S/c1-15-8-10-17(11-9-15)23(20,21)19-12-5-13-22-18(14-19)16-6-3-2-4-7-16/h2-4,6-11,18H,5,12-14H2,1H3/t18-/m0/s1. The van der Waals surface area contributed by atoms with Crippen LogP contribution >= 0.6 is 0 Å². The van der Waals surface area contributed by atoms with Crippen LogP contribution in [-0.2, 0) is 14.8 Å². The summed E-state index contributed by atoms with van der Waals surface area (Å²) in [6.45, 7) is 3.35. The van der Waals surface area contributed by atoms with Gasteiger partial charge in [0, 0.05) is 19.7 Å². The molecule has 1 aliphatic heterocycles. The number of rotatable bonds is 3. The molecule has 1 heterocycles.